The van der Waals surface area contributed by atoms with Crippen molar-refractivity contribution in [1.29, 1.82) is 0 Å². The van der Waals surface area contributed by atoms with Crippen LogP contribution in [0.3, 0.4) is 0 Å². The summed E-state index contributed by atoms with van der Waals surface area (Å²) in [5.41, 5.74) is 3.05. The Hall–Kier alpha value is -3.08. The minimum atomic E-state index is -0.0750. The van der Waals surface area contributed by atoms with E-state index >= 15 is 0 Å². The quantitative estimate of drug-likeness (QED) is 0.633. The monoisotopic (exact) mass is 305 g/mol. The van der Waals surface area contributed by atoms with Crippen molar-refractivity contribution in [2.24, 2.45) is 0 Å². The molecule has 0 aliphatic carbocycles. The van der Waals surface area contributed by atoms with E-state index in [0.717, 1.165) is 22.2 Å². The molecule has 0 aliphatic heterocycles. The molecule has 1 N–H and O–H groups in total. The normalized spacial score (nSPS) is 11.2. The van der Waals surface area contributed by atoms with Crippen LogP contribution in [0.2, 0.25) is 0 Å². The molecule has 2 heterocycles. The second-order valence-electron chi connectivity index (χ2n) is 5.42. The number of nitrogens with zero attached hydrogens (tertiary/aromatic N) is 2. The maximum atomic E-state index is 12.7. The molecule has 114 valence electrons. The average Bonchev–Trinajstić information content (AvgIpc) is 2.97. The molecule has 23 heavy (non-hydrogen) atoms. The highest BCUT2D eigenvalue weighted by molar-refractivity contribution is 6.04. The Kier molecular flexibility index (Phi) is 3.12. The van der Waals surface area contributed by atoms with Crippen molar-refractivity contribution in [3.63, 3.8) is 0 Å². The van der Waals surface area contributed by atoms with Gasteiger partial charge in [0.2, 0.25) is 0 Å². The van der Waals surface area contributed by atoms with Gasteiger partial charge in [-0.3, -0.25) is 9.36 Å². The van der Waals surface area contributed by atoms with Crippen LogP contribution in [0.5, 0.6) is 5.75 Å². The number of nitrogens with one attached hydrogen (secondary N) is 1. The highest BCUT2D eigenvalue weighted by Crippen LogP contribution is 2.25. The van der Waals surface area contributed by atoms with Gasteiger partial charge in [-0.15, -0.1) is 0 Å². The molecule has 0 amide bonds. The fourth-order valence-corrected chi connectivity index (χ4v) is 2.79. The third-order valence-electron chi connectivity index (χ3n) is 3.98. The van der Waals surface area contributed by atoms with Crippen LogP contribution < -0.4 is 10.3 Å². The number of aromatic amines is 1. The van der Waals surface area contributed by atoms with Crippen LogP contribution >= 0.6 is 0 Å². The van der Waals surface area contributed by atoms with E-state index in [4.69, 9.17) is 4.74 Å². The van der Waals surface area contributed by atoms with Crippen LogP contribution in [0.15, 0.2) is 59.7 Å². The summed E-state index contributed by atoms with van der Waals surface area (Å²) in [5, 5.41) is 0.921. The van der Waals surface area contributed by atoms with Gasteiger partial charge in [0, 0.05) is 11.5 Å². The first-order valence-corrected chi connectivity index (χ1v) is 7.35. The van der Waals surface area contributed by atoms with Gasteiger partial charge in [0.1, 0.15) is 16.8 Å². The summed E-state index contributed by atoms with van der Waals surface area (Å²) < 4.78 is 6.84. The summed E-state index contributed by atoms with van der Waals surface area (Å²) in [4.78, 5) is 20.4. The number of ether oxygens (including phenoxy) is 1. The Balaban J connectivity index is 1.87. The predicted molar refractivity (Wildman–Crippen MR) is 90.0 cm³/mol. The lowest BCUT2D eigenvalue weighted by molar-refractivity contribution is 0.415. The van der Waals surface area contributed by atoms with Crippen LogP contribution in [0.25, 0.3) is 21.9 Å². The van der Waals surface area contributed by atoms with Crippen LogP contribution in [0, 0.1) is 0 Å². The smallest absolute Gasteiger partial charge is 0.277 e. The first kappa shape index (κ1) is 13.6. The molecule has 0 atom stereocenters. The standard InChI is InChI=1S/C18H15N3O2/c1-23-13-7-8-14-15(9-13)20-17-16(14)19-11-21(18(17)22)10-12-5-3-2-4-6-12/h2-9,11,20H,10H2,1H3. The summed E-state index contributed by atoms with van der Waals surface area (Å²) in [6.07, 6.45) is 1.61. The second kappa shape index (κ2) is 5.28. The number of aromatic nitrogens is 3. The Morgan fingerprint density at radius 1 is 1.17 bits per heavy atom. The second-order valence-corrected chi connectivity index (χ2v) is 5.42. The van der Waals surface area contributed by atoms with E-state index in [1.807, 2.05) is 48.5 Å². The highest BCUT2D eigenvalue weighted by atomic mass is 16.5. The number of hydrogen-bond acceptors (Lipinski definition) is 3. The predicted octanol–water partition coefficient (Wildman–Crippen LogP) is 2.93. The molecule has 0 bridgehead atoms. The number of fused-ring (bicyclic) bond motifs is 3. The molecule has 0 aliphatic rings. The van der Waals surface area contributed by atoms with Gasteiger partial charge in [0.15, 0.2) is 0 Å². The molecule has 0 fully saturated rings. The van der Waals surface area contributed by atoms with Crippen molar-refractivity contribution >= 4 is 21.9 Å². The molecule has 0 spiro atoms. The van der Waals surface area contributed by atoms with E-state index in [1.54, 1.807) is 18.0 Å². The van der Waals surface area contributed by atoms with E-state index in [-0.39, 0.29) is 5.56 Å². The maximum Gasteiger partial charge on any atom is 0.277 e. The Morgan fingerprint density at radius 2 is 2.00 bits per heavy atom. The molecule has 0 saturated carbocycles. The molecule has 4 aromatic rings. The fraction of sp³-hybridized carbons (Fsp3) is 0.111. The lowest BCUT2D eigenvalue weighted by Gasteiger charge is -2.05. The number of hydrogen-bond donors (Lipinski definition) is 1. The molecule has 2 aromatic heterocycles. The topological polar surface area (TPSA) is 59.9 Å². The number of methoxy groups -OCH3 is 1. The van der Waals surface area contributed by atoms with Gasteiger partial charge in [0.05, 0.1) is 25.5 Å². The first-order chi connectivity index (χ1) is 11.3. The summed E-state index contributed by atoms with van der Waals surface area (Å²) in [5.74, 6) is 0.744. The van der Waals surface area contributed by atoms with Crippen molar-refractivity contribution in [3.8, 4) is 5.75 Å². The Bertz CT molecular complexity index is 1050. The van der Waals surface area contributed by atoms with Gasteiger partial charge in [0.25, 0.3) is 5.56 Å². The molecular weight excluding hydrogens is 290 g/mol. The molecule has 0 unspecified atom stereocenters. The summed E-state index contributed by atoms with van der Waals surface area (Å²) in [7, 11) is 1.62. The zero-order valence-corrected chi connectivity index (χ0v) is 12.6. The van der Waals surface area contributed by atoms with Gasteiger partial charge < -0.3 is 9.72 Å². The van der Waals surface area contributed by atoms with Gasteiger partial charge in [-0.05, 0) is 17.7 Å². The number of H-pyrrole nitrogens is 1. The average molecular weight is 305 g/mol. The van der Waals surface area contributed by atoms with Crippen molar-refractivity contribution in [3.05, 3.63) is 70.8 Å². The minimum absolute atomic E-state index is 0.0750. The van der Waals surface area contributed by atoms with Crippen LogP contribution in [0.4, 0.5) is 0 Å². The van der Waals surface area contributed by atoms with Crippen molar-refractivity contribution in [2.75, 3.05) is 7.11 Å². The fourth-order valence-electron chi connectivity index (χ4n) is 2.79. The molecule has 0 radical (unpaired) electrons. The maximum absolute atomic E-state index is 12.7. The molecule has 2 aromatic carbocycles. The zero-order valence-electron chi connectivity index (χ0n) is 12.6. The number of rotatable bonds is 3. The van der Waals surface area contributed by atoms with Crippen LogP contribution in [-0.2, 0) is 6.54 Å². The van der Waals surface area contributed by atoms with Gasteiger partial charge in [-0.2, -0.15) is 0 Å². The first-order valence-electron chi connectivity index (χ1n) is 7.35. The van der Waals surface area contributed by atoms with Gasteiger partial charge >= 0.3 is 0 Å². The Morgan fingerprint density at radius 3 is 2.78 bits per heavy atom. The Labute approximate surface area is 132 Å². The third-order valence-corrected chi connectivity index (χ3v) is 3.98. The molecule has 0 saturated heterocycles. The van der Waals surface area contributed by atoms with Gasteiger partial charge in [-0.1, -0.05) is 30.3 Å². The molecule has 4 rings (SSSR count). The SMILES string of the molecule is COc1ccc2c(c1)[nH]c1c(=O)n(Cc3ccccc3)cnc12. The van der Waals surface area contributed by atoms with Crippen molar-refractivity contribution < 1.29 is 4.74 Å². The van der Waals surface area contributed by atoms with Crippen molar-refractivity contribution in [2.45, 2.75) is 6.54 Å². The lowest BCUT2D eigenvalue weighted by Crippen LogP contribution is -2.21. The van der Waals surface area contributed by atoms with E-state index < -0.39 is 0 Å². The van der Waals surface area contributed by atoms with E-state index in [2.05, 4.69) is 9.97 Å². The molecule has 5 heteroatoms. The highest BCUT2D eigenvalue weighted by Gasteiger charge is 2.11. The largest absolute Gasteiger partial charge is 0.497 e. The van der Waals surface area contributed by atoms with E-state index in [9.17, 15) is 4.79 Å². The molecule has 5 nitrogen and oxygen atoms in total. The van der Waals surface area contributed by atoms with Crippen LogP contribution in [0.1, 0.15) is 5.56 Å². The number of benzene rings is 2. The van der Waals surface area contributed by atoms with Gasteiger partial charge in [-0.25, -0.2) is 4.98 Å². The summed E-state index contributed by atoms with van der Waals surface area (Å²) in [6, 6.07) is 15.5. The van der Waals surface area contributed by atoms with Crippen molar-refractivity contribution in [1.82, 2.24) is 14.5 Å². The molecular formula is C18H15N3O2. The zero-order chi connectivity index (χ0) is 15.8. The summed E-state index contributed by atoms with van der Waals surface area (Å²) in [6.45, 7) is 0.501. The minimum Gasteiger partial charge on any atom is -0.497 e. The third kappa shape index (κ3) is 2.26. The summed E-state index contributed by atoms with van der Waals surface area (Å²) >= 11 is 0. The van der Waals surface area contributed by atoms with E-state index in [0.29, 0.717) is 17.6 Å². The van der Waals surface area contributed by atoms with E-state index in [1.165, 1.54) is 0 Å². The lowest BCUT2D eigenvalue weighted by atomic mass is 10.2. The van der Waals surface area contributed by atoms with Crippen LogP contribution in [-0.4, -0.2) is 21.6 Å².